The van der Waals surface area contributed by atoms with Crippen LogP contribution in [0.25, 0.3) is 0 Å². The number of aryl methyl sites for hydroxylation is 2. The van der Waals surface area contributed by atoms with Crippen LogP contribution in [0.3, 0.4) is 0 Å². The number of hydrogen-bond acceptors (Lipinski definition) is 5. The Kier molecular flexibility index (Phi) is 3.27. The lowest BCUT2D eigenvalue weighted by Gasteiger charge is -2.06. The highest BCUT2D eigenvalue weighted by Crippen LogP contribution is 2.10. The molecule has 0 radical (unpaired) electrons. The Hall–Kier alpha value is -2.37. The Labute approximate surface area is 104 Å². The van der Waals surface area contributed by atoms with Gasteiger partial charge in [-0.15, -0.1) is 0 Å². The summed E-state index contributed by atoms with van der Waals surface area (Å²) in [6.07, 6.45) is 2.99. The van der Waals surface area contributed by atoms with E-state index in [0.717, 1.165) is 16.8 Å². The number of nitrogens with two attached hydrogens (primary N) is 1. The highest BCUT2D eigenvalue weighted by molar-refractivity contribution is 5.95. The second-order valence-corrected chi connectivity index (χ2v) is 4.03. The average molecular weight is 246 g/mol. The average Bonchev–Trinajstić information content (AvgIpc) is 2.72. The lowest BCUT2D eigenvalue weighted by molar-refractivity contribution is 0.0950. The maximum Gasteiger partial charge on any atom is 0.253 e. The van der Waals surface area contributed by atoms with Gasteiger partial charge in [0.15, 0.2) is 0 Å². The highest BCUT2D eigenvalue weighted by Gasteiger charge is 2.11. The van der Waals surface area contributed by atoms with Crippen molar-refractivity contribution in [2.45, 2.75) is 20.4 Å². The largest absolute Gasteiger partial charge is 0.384 e. The number of hydrogen-bond donors (Lipinski definition) is 2. The summed E-state index contributed by atoms with van der Waals surface area (Å²) >= 11 is 0. The molecule has 0 bridgehead atoms. The summed E-state index contributed by atoms with van der Waals surface area (Å²) < 4.78 is 4.79. The van der Waals surface area contributed by atoms with Crippen molar-refractivity contribution in [1.29, 1.82) is 0 Å². The van der Waals surface area contributed by atoms with Crippen molar-refractivity contribution in [3.63, 3.8) is 0 Å². The molecule has 94 valence electrons. The van der Waals surface area contributed by atoms with Crippen LogP contribution in [-0.4, -0.2) is 16.0 Å². The van der Waals surface area contributed by atoms with Crippen molar-refractivity contribution < 1.29 is 9.32 Å². The lowest BCUT2D eigenvalue weighted by atomic mass is 10.1. The van der Waals surface area contributed by atoms with Gasteiger partial charge in [-0.1, -0.05) is 5.16 Å². The van der Waals surface area contributed by atoms with E-state index in [4.69, 9.17) is 10.3 Å². The molecule has 0 spiro atoms. The Morgan fingerprint density at radius 1 is 1.50 bits per heavy atom. The standard InChI is InChI=1S/C12H14N4O2/c1-7-3-11(13)14-5-10(7)12(17)15-4-9-6-18-16-8(9)2/h3,5-6H,4H2,1-2H3,(H2,13,14)(H,15,17). The van der Waals surface area contributed by atoms with Crippen LogP contribution >= 0.6 is 0 Å². The third-order valence-corrected chi connectivity index (χ3v) is 2.67. The van der Waals surface area contributed by atoms with Crippen LogP contribution in [0, 0.1) is 13.8 Å². The van der Waals surface area contributed by atoms with Crippen molar-refractivity contribution in [2.24, 2.45) is 0 Å². The number of carbonyl (C=O) groups is 1. The number of carbonyl (C=O) groups excluding carboxylic acids is 1. The second-order valence-electron chi connectivity index (χ2n) is 4.03. The fourth-order valence-corrected chi connectivity index (χ4v) is 1.57. The van der Waals surface area contributed by atoms with Crippen molar-refractivity contribution >= 4 is 11.7 Å². The molecule has 0 aromatic carbocycles. The Morgan fingerprint density at radius 2 is 2.28 bits per heavy atom. The molecule has 2 heterocycles. The number of nitrogen functional groups attached to an aromatic ring is 1. The fourth-order valence-electron chi connectivity index (χ4n) is 1.57. The van der Waals surface area contributed by atoms with Crippen LogP contribution < -0.4 is 11.1 Å². The molecule has 0 saturated heterocycles. The summed E-state index contributed by atoms with van der Waals surface area (Å²) in [5, 5.41) is 6.52. The third kappa shape index (κ3) is 2.48. The van der Waals surface area contributed by atoms with E-state index < -0.39 is 0 Å². The first-order chi connectivity index (χ1) is 8.58. The van der Waals surface area contributed by atoms with Crippen LogP contribution in [0.15, 0.2) is 23.0 Å². The quantitative estimate of drug-likeness (QED) is 0.848. The van der Waals surface area contributed by atoms with Gasteiger partial charge < -0.3 is 15.6 Å². The lowest BCUT2D eigenvalue weighted by Crippen LogP contribution is -2.24. The first-order valence-corrected chi connectivity index (χ1v) is 5.48. The van der Waals surface area contributed by atoms with Gasteiger partial charge in [-0.2, -0.15) is 0 Å². The van der Waals surface area contributed by atoms with Crippen molar-refractivity contribution in [1.82, 2.24) is 15.5 Å². The highest BCUT2D eigenvalue weighted by atomic mass is 16.5. The number of rotatable bonds is 3. The molecule has 6 nitrogen and oxygen atoms in total. The van der Waals surface area contributed by atoms with E-state index in [1.165, 1.54) is 12.5 Å². The topological polar surface area (TPSA) is 94.0 Å². The van der Waals surface area contributed by atoms with Gasteiger partial charge in [-0.05, 0) is 25.5 Å². The minimum atomic E-state index is -0.194. The fraction of sp³-hybridized carbons (Fsp3) is 0.250. The zero-order valence-corrected chi connectivity index (χ0v) is 10.2. The molecule has 2 rings (SSSR count). The predicted molar refractivity (Wildman–Crippen MR) is 65.8 cm³/mol. The number of amides is 1. The molecular formula is C12H14N4O2. The molecule has 2 aromatic rings. The van der Waals surface area contributed by atoms with E-state index in [1.807, 2.05) is 13.8 Å². The van der Waals surface area contributed by atoms with Crippen molar-refractivity contribution in [3.05, 3.63) is 40.9 Å². The molecule has 0 atom stereocenters. The molecule has 6 heteroatoms. The normalized spacial score (nSPS) is 10.3. The maximum atomic E-state index is 11.9. The van der Waals surface area contributed by atoms with Gasteiger partial charge in [0.1, 0.15) is 12.1 Å². The van der Waals surface area contributed by atoms with Crippen LogP contribution in [-0.2, 0) is 6.54 Å². The van der Waals surface area contributed by atoms with Crippen molar-refractivity contribution in [3.8, 4) is 0 Å². The van der Waals surface area contributed by atoms with Crippen LogP contribution in [0.5, 0.6) is 0 Å². The molecule has 0 fully saturated rings. The van der Waals surface area contributed by atoms with Crippen LogP contribution in [0.4, 0.5) is 5.82 Å². The smallest absolute Gasteiger partial charge is 0.253 e. The van der Waals surface area contributed by atoms with Gasteiger partial charge in [0.25, 0.3) is 5.91 Å². The minimum Gasteiger partial charge on any atom is -0.384 e. The molecule has 2 aromatic heterocycles. The number of anilines is 1. The molecule has 18 heavy (non-hydrogen) atoms. The van der Waals surface area contributed by atoms with E-state index >= 15 is 0 Å². The molecule has 1 amide bonds. The predicted octanol–water partition coefficient (Wildman–Crippen LogP) is 1.20. The minimum absolute atomic E-state index is 0.194. The number of aromatic nitrogens is 2. The Balaban J connectivity index is 2.06. The summed E-state index contributed by atoms with van der Waals surface area (Å²) in [5.74, 6) is 0.208. The first kappa shape index (κ1) is 12.1. The van der Waals surface area contributed by atoms with E-state index in [9.17, 15) is 4.79 Å². The molecule has 0 aliphatic carbocycles. The molecule has 3 N–H and O–H groups in total. The summed E-state index contributed by atoms with van der Waals surface area (Å²) in [4.78, 5) is 15.9. The van der Waals surface area contributed by atoms with Gasteiger partial charge in [-0.3, -0.25) is 4.79 Å². The van der Waals surface area contributed by atoms with E-state index in [2.05, 4.69) is 15.5 Å². The zero-order chi connectivity index (χ0) is 13.1. The van der Waals surface area contributed by atoms with Gasteiger partial charge in [0.05, 0.1) is 11.3 Å². The molecule has 0 unspecified atom stereocenters. The second kappa shape index (κ2) is 4.87. The number of nitrogens with zero attached hydrogens (tertiary/aromatic N) is 2. The third-order valence-electron chi connectivity index (χ3n) is 2.67. The monoisotopic (exact) mass is 246 g/mol. The summed E-state index contributed by atoms with van der Waals surface area (Å²) in [5.41, 5.74) is 8.46. The zero-order valence-electron chi connectivity index (χ0n) is 10.2. The summed E-state index contributed by atoms with van der Waals surface area (Å²) in [6.45, 7) is 4.01. The van der Waals surface area contributed by atoms with Crippen molar-refractivity contribution in [2.75, 3.05) is 5.73 Å². The van der Waals surface area contributed by atoms with Gasteiger partial charge in [0, 0.05) is 18.3 Å². The van der Waals surface area contributed by atoms with E-state index in [-0.39, 0.29) is 5.91 Å². The maximum absolute atomic E-state index is 11.9. The number of pyridine rings is 1. The Bertz CT molecular complexity index is 577. The summed E-state index contributed by atoms with van der Waals surface area (Å²) in [7, 11) is 0. The molecule has 0 aliphatic rings. The molecule has 0 saturated carbocycles. The molecule has 0 aliphatic heterocycles. The van der Waals surface area contributed by atoms with Crippen LogP contribution in [0.2, 0.25) is 0 Å². The van der Waals surface area contributed by atoms with Crippen LogP contribution in [0.1, 0.15) is 27.2 Å². The number of nitrogens with one attached hydrogen (secondary N) is 1. The van der Waals surface area contributed by atoms with Gasteiger partial charge in [-0.25, -0.2) is 4.98 Å². The first-order valence-electron chi connectivity index (χ1n) is 5.48. The van der Waals surface area contributed by atoms with Gasteiger partial charge in [0.2, 0.25) is 0 Å². The Morgan fingerprint density at radius 3 is 2.89 bits per heavy atom. The van der Waals surface area contributed by atoms with E-state index in [0.29, 0.717) is 17.9 Å². The summed E-state index contributed by atoms with van der Waals surface area (Å²) in [6, 6.07) is 1.67. The van der Waals surface area contributed by atoms with E-state index in [1.54, 1.807) is 6.07 Å². The molecular weight excluding hydrogens is 232 g/mol. The SMILES string of the molecule is Cc1cc(N)ncc1C(=O)NCc1conc1C. The van der Waals surface area contributed by atoms with Gasteiger partial charge >= 0.3 is 0 Å².